The van der Waals surface area contributed by atoms with Gasteiger partial charge in [0.05, 0.1) is 19.6 Å². The van der Waals surface area contributed by atoms with Crippen molar-refractivity contribution in [3.8, 4) is 5.75 Å². The van der Waals surface area contributed by atoms with Crippen molar-refractivity contribution < 1.29 is 9.59 Å². The second-order valence-corrected chi connectivity index (χ2v) is 8.41. The van der Waals surface area contributed by atoms with Crippen LogP contribution in [0.2, 0.25) is 0 Å². The molecule has 0 radical (unpaired) electrons. The summed E-state index contributed by atoms with van der Waals surface area (Å²) in [6, 6.07) is 18.2. The van der Waals surface area contributed by atoms with Gasteiger partial charge in [0.25, 0.3) is 0 Å². The molecule has 0 heterocycles. The fourth-order valence-corrected chi connectivity index (χ4v) is 3.96. The van der Waals surface area contributed by atoms with Crippen LogP contribution in [-0.4, -0.2) is 24.1 Å². The van der Waals surface area contributed by atoms with Gasteiger partial charge in [-0.25, -0.2) is 0 Å². The Balaban J connectivity index is 0.000000303. The van der Waals surface area contributed by atoms with Crippen molar-refractivity contribution in [2.75, 3.05) is 19.6 Å². The molecule has 0 aliphatic rings. The lowest BCUT2D eigenvalue weighted by Gasteiger charge is -2.35. The minimum absolute atomic E-state index is 0.202. The molecular weight excluding hydrogens is 366 g/mol. The van der Waals surface area contributed by atoms with Crippen LogP contribution in [0.3, 0.4) is 0 Å². The Morgan fingerprint density at radius 1 is 0.633 bits per heavy atom. The Morgan fingerprint density at radius 3 is 1.73 bits per heavy atom. The van der Waals surface area contributed by atoms with Crippen LogP contribution in [0, 0.1) is 0 Å². The highest BCUT2D eigenvalue weighted by atomic mass is 16.3. The van der Waals surface area contributed by atoms with Crippen LogP contribution in [0.25, 0.3) is 0 Å². The van der Waals surface area contributed by atoms with E-state index in [-0.39, 0.29) is 5.75 Å². The van der Waals surface area contributed by atoms with E-state index >= 15 is 0 Å². The summed E-state index contributed by atoms with van der Waals surface area (Å²) < 4.78 is 1.20. The second-order valence-electron chi connectivity index (χ2n) is 8.41. The van der Waals surface area contributed by atoms with E-state index in [4.69, 9.17) is 0 Å². The van der Waals surface area contributed by atoms with E-state index in [2.05, 4.69) is 58.0 Å². The fourth-order valence-electron chi connectivity index (χ4n) is 3.96. The lowest BCUT2D eigenvalue weighted by atomic mass is 10.0. The number of nitrogens with zero attached hydrogens (tertiary/aromatic N) is 1. The molecule has 168 valence electrons. The Bertz CT molecular complexity index is 640. The minimum atomic E-state index is 0.202. The largest absolute Gasteiger partial charge is 0.872 e. The third kappa shape index (κ3) is 10.3. The highest BCUT2D eigenvalue weighted by Crippen LogP contribution is 2.16. The zero-order valence-corrected chi connectivity index (χ0v) is 20.0. The lowest BCUT2D eigenvalue weighted by Crippen LogP contribution is -2.46. The molecule has 0 fully saturated rings. The maximum Gasteiger partial charge on any atom is 0.104 e. The van der Waals surface area contributed by atoms with Crippen molar-refractivity contribution in [2.24, 2.45) is 0 Å². The van der Waals surface area contributed by atoms with Gasteiger partial charge in [-0.3, -0.25) is 0 Å². The van der Waals surface area contributed by atoms with E-state index in [1.54, 1.807) is 6.07 Å². The molecule has 0 amide bonds. The lowest BCUT2D eigenvalue weighted by molar-refractivity contribution is -0.936. The minimum Gasteiger partial charge on any atom is -0.872 e. The van der Waals surface area contributed by atoms with E-state index < -0.39 is 0 Å². The van der Waals surface area contributed by atoms with Gasteiger partial charge < -0.3 is 9.59 Å². The van der Waals surface area contributed by atoms with Crippen LogP contribution in [0.4, 0.5) is 0 Å². The van der Waals surface area contributed by atoms with Gasteiger partial charge in [-0.15, -0.1) is 5.75 Å². The molecule has 0 atom stereocenters. The first-order valence-corrected chi connectivity index (χ1v) is 12.2. The molecule has 2 rings (SSSR count). The SMILES string of the molecule is CCCCCCCCCc1ccccc1[O-].CC[N+](CC)(CC)Cc1ccccc1. The summed E-state index contributed by atoms with van der Waals surface area (Å²) in [5.41, 5.74) is 2.44. The van der Waals surface area contributed by atoms with Crippen LogP contribution in [-0.2, 0) is 13.0 Å². The van der Waals surface area contributed by atoms with Gasteiger partial charge in [-0.1, -0.05) is 106 Å². The van der Waals surface area contributed by atoms with Gasteiger partial charge in [-0.2, -0.15) is 0 Å². The highest BCUT2D eigenvalue weighted by Gasteiger charge is 2.20. The molecule has 0 saturated carbocycles. The smallest absolute Gasteiger partial charge is 0.104 e. The zero-order valence-electron chi connectivity index (χ0n) is 20.0. The van der Waals surface area contributed by atoms with Crippen molar-refractivity contribution >= 4 is 0 Å². The van der Waals surface area contributed by atoms with Gasteiger partial charge in [0.1, 0.15) is 6.54 Å². The monoisotopic (exact) mass is 411 g/mol. The Hall–Kier alpha value is -1.80. The van der Waals surface area contributed by atoms with E-state index in [1.165, 1.54) is 74.8 Å². The first kappa shape index (κ1) is 26.2. The molecule has 0 aromatic heterocycles. The summed E-state index contributed by atoms with van der Waals surface area (Å²) in [6.07, 6.45) is 10.1. The second kappa shape index (κ2) is 16.0. The van der Waals surface area contributed by atoms with Crippen LogP contribution < -0.4 is 5.11 Å². The van der Waals surface area contributed by atoms with Crippen LogP contribution in [0.5, 0.6) is 5.75 Å². The van der Waals surface area contributed by atoms with Crippen LogP contribution >= 0.6 is 0 Å². The van der Waals surface area contributed by atoms with Crippen molar-refractivity contribution in [1.29, 1.82) is 0 Å². The molecule has 0 aliphatic carbocycles. The molecule has 30 heavy (non-hydrogen) atoms. The van der Waals surface area contributed by atoms with Crippen molar-refractivity contribution in [3.63, 3.8) is 0 Å². The molecule has 0 N–H and O–H groups in total. The summed E-state index contributed by atoms with van der Waals surface area (Å²) in [4.78, 5) is 0. The molecular formula is C28H45NO. The van der Waals surface area contributed by atoms with Gasteiger partial charge in [0.15, 0.2) is 0 Å². The van der Waals surface area contributed by atoms with Crippen LogP contribution in [0.1, 0.15) is 83.8 Å². The third-order valence-corrected chi connectivity index (χ3v) is 6.40. The number of quaternary nitrogens is 1. The Labute approximate surface area is 186 Å². The summed E-state index contributed by atoms with van der Waals surface area (Å²) in [5.74, 6) is 0.202. The van der Waals surface area contributed by atoms with E-state index in [9.17, 15) is 5.11 Å². The topological polar surface area (TPSA) is 23.1 Å². The van der Waals surface area contributed by atoms with Crippen molar-refractivity contribution in [3.05, 3.63) is 65.7 Å². The zero-order chi connectivity index (χ0) is 22.1. The summed E-state index contributed by atoms with van der Waals surface area (Å²) >= 11 is 0. The molecule has 2 aromatic rings. The molecule has 0 unspecified atom stereocenters. The average molecular weight is 412 g/mol. The standard InChI is InChI=1S/C15H24O.C13H22N/c1-2-3-4-5-6-7-8-11-14-12-9-10-13-15(14)16;1-4-14(5-2,6-3)12-13-10-8-7-9-11-13/h9-10,12-13,16H,2-8,11H2,1H3;7-11H,4-6,12H2,1-3H3/q;+1/p-1. The van der Waals surface area contributed by atoms with Crippen LogP contribution in [0.15, 0.2) is 54.6 Å². The molecule has 2 heteroatoms. The van der Waals surface area contributed by atoms with E-state index in [0.29, 0.717) is 0 Å². The van der Waals surface area contributed by atoms with E-state index in [1.807, 2.05) is 18.2 Å². The van der Waals surface area contributed by atoms with Gasteiger partial charge in [0, 0.05) is 5.56 Å². The molecule has 0 bridgehead atoms. The number of unbranched alkanes of at least 4 members (excludes halogenated alkanes) is 6. The number of aryl methyl sites for hydroxylation is 1. The Morgan fingerprint density at radius 2 is 1.17 bits per heavy atom. The van der Waals surface area contributed by atoms with Gasteiger partial charge >= 0.3 is 0 Å². The van der Waals surface area contributed by atoms with Crippen molar-refractivity contribution in [1.82, 2.24) is 0 Å². The predicted octanol–water partition coefficient (Wildman–Crippen LogP) is 7.12. The van der Waals surface area contributed by atoms with Gasteiger partial charge in [-0.05, 0) is 33.6 Å². The Kier molecular flexibility index (Phi) is 14.0. The molecule has 0 spiro atoms. The van der Waals surface area contributed by atoms with E-state index in [0.717, 1.165) is 18.4 Å². The third-order valence-electron chi connectivity index (χ3n) is 6.40. The quantitative estimate of drug-likeness (QED) is 0.254. The summed E-state index contributed by atoms with van der Waals surface area (Å²) in [6.45, 7) is 13.9. The predicted molar refractivity (Wildman–Crippen MR) is 130 cm³/mol. The number of para-hydroxylation sites is 1. The fraction of sp³-hybridized carbons (Fsp3) is 0.571. The maximum absolute atomic E-state index is 11.4. The number of hydrogen-bond acceptors (Lipinski definition) is 1. The molecule has 0 aliphatic heterocycles. The summed E-state index contributed by atoms with van der Waals surface area (Å²) in [5, 5.41) is 11.4. The molecule has 0 saturated heterocycles. The van der Waals surface area contributed by atoms with Gasteiger partial charge in [0.2, 0.25) is 0 Å². The average Bonchev–Trinajstić information content (AvgIpc) is 2.79. The summed E-state index contributed by atoms with van der Waals surface area (Å²) in [7, 11) is 0. The normalized spacial score (nSPS) is 11.1. The number of benzene rings is 2. The molecule has 2 aromatic carbocycles. The highest BCUT2D eigenvalue weighted by molar-refractivity contribution is 5.30. The molecule has 2 nitrogen and oxygen atoms in total. The van der Waals surface area contributed by atoms with Crippen molar-refractivity contribution in [2.45, 2.75) is 85.6 Å². The maximum atomic E-state index is 11.4. The number of rotatable bonds is 13. The first-order valence-electron chi connectivity index (χ1n) is 12.2. The number of hydrogen-bond donors (Lipinski definition) is 0. The first-order chi connectivity index (χ1) is 14.6.